The van der Waals surface area contributed by atoms with Crippen molar-refractivity contribution in [2.75, 3.05) is 6.61 Å². The minimum atomic E-state index is -0.794. The highest BCUT2D eigenvalue weighted by Crippen LogP contribution is 2.73. The first kappa shape index (κ1) is 21.9. The fraction of sp³-hybridized carbons (Fsp3) is 0.889. The molecule has 0 bridgehead atoms. The van der Waals surface area contributed by atoms with Gasteiger partial charge in [-0.1, -0.05) is 47.1 Å². The number of esters is 1. The van der Waals surface area contributed by atoms with Crippen molar-refractivity contribution in [1.82, 2.24) is 0 Å². The maximum atomic E-state index is 12.3. The number of carbonyl (C=O) groups is 1. The van der Waals surface area contributed by atoms with Gasteiger partial charge >= 0.3 is 5.97 Å². The molecule has 1 N–H and O–H groups in total. The Labute approximate surface area is 188 Å². The number of allylic oxidation sites excluding steroid dienone is 1. The molecule has 1 heterocycles. The highest BCUT2D eigenvalue weighted by molar-refractivity contribution is 5.66. The first-order valence-electron chi connectivity index (χ1n) is 12.6. The summed E-state index contributed by atoms with van der Waals surface area (Å²) in [7, 11) is 0. The van der Waals surface area contributed by atoms with Gasteiger partial charge in [-0.25, -0.2) is 0 Å². The molecule has 31 heavy (non-hydrogen) atoms. The van der Waals surface area contributed by atoms with Crippen LogP contribution in [0, 0.1) is 45.3 Å². The summed E-state index contributed by atoms with van der Waals surface area (Å²) in [6.45, 7) is 14.4. The lowest BCUT2D eigenvalue weighted by Gasteiger charge is -2.70. The van der Waals surface area contributed by atoms with Crippen LogP contribution in [0.2, 0.25) is 0 Å². The average molecular weight is 431 g/mol. The van der Waals surface area contributed by atoms with E-state index in [1.165, 1.54) is 37.7 Å². The predicted molar refractivity (Wildman–Crippen MR) is 120 cm³/mol. The maximum Gasteiger partial charge on any atom is 0.302 e. The predicted octanol–water partition coefficient (Wildman–Crippen LogP) is 5.49. The zero-order chi connectivity index (χ0) is 22.4. The van der Waals surface area contributed by atoms with Crippen molar-refractivity contribution in [2.24, 2.45) is 45.3 Å². The summed E-state index contributed by atoms with van der Waals surface area (Å²) in [6, 6.07) is 0. The standard InChI is InChI=1S/C27H42O4/c1-16(28)31-21-14-20-25(4)12-7-11-24(2,3)18(25)10-13-26(20,5)19-9-8-17-15-30-23(29)22(17)27(19,21)6/h8,18-23,29H,7,9-15H2,1-6H3/t18-,19-,20+,21+,22?,23+,25-,26-,27+/m0/s1. The van der Waals surface area contributed by atoms with Gasteiger partial charge < -0.3 is 14.6 Å². The van der Waals surface area contributed by atoms with Crippen molar-refractivity contribution in [2.45, 2.75) is 98.9 Å². The first-order chi connectivity index (χ1) is 14.4. The van der Waals surface area contributed by atoms with Gasteiger partial charge in [0.2, 0.25) is 0 Å². The van der Waals surface area contributed by atoms with Crippen molar-refractivity contribution in [3.05, 3.63) is 11.6 Å². The van der Waals surface area contributed by atoms with Crippen LogP contribution in [0.4, 0.5) is 0 Å². The third kappa shape index (κ3) is 2.82. The molecule has 3 saturated carbocycles. The number of ether oxygens (including phenoxy) is 2. The van der Waals surface area contributed by atoms with Crippen molar-refractivity contribution >= 4 is 5.97 Å². The molecule has 1 aliphatic heterocycles. The van der Waals surface area contributed by atoms with Crippen LogP contribution in [0.5, 0.6) is 0 Å². The fourth-order valence-electron chi connectivity index (χ4n) is 10.1. The van der Waals surface area contributed by atoms with Gasteiger partial charge in [-0.15, -0.1) is 0 Å². The Hall–Kier alpha value is -0.870. The van der Waals surface area contributed by atoms with E-state index in [2.05, 4.69) is 40.7 Å². The van der Waals surface area contributed by atoms with Gasteiger partial charge in [0.25, 0.3) is 0 Å². The summed E-state index contributed by atoms with van der Waals surface area (Å²) < 4.78 is 11.9. The van der Waals surface area contributed by atoms with Gasteiger partial charge in [0, 0.05) is 18.3 Å². The van der Waals surface area contributed by atoms with Crippen LogP contribution in [0.1, 0.15) is 86.5 Å². The molecule has 9 atom stereocenters. The molecular formula is C27H42O4. The average Bonchev–Trinajstić information content (AvgIpc) is 3.04. The Balaban J connectivity index is 1.62. The Morgan fingerprint density at radius 1 is 1.06 bits per heavy atom. The lowest BCUT2D eigenvalue weighted by Crippen LogP contribution is -2.67. The Morgan fingerprint density at radius 2 is 1.77 bits per heavy atom. The molecule has 5 rings (SSSR count). The van der Waals surface area contributed by atoms with Gasteiger partial charge in [-0.3, -0.25) is 4.79 Å². The Morgan fingerprint density at radius 3 is 2.48 bits per heavy atom. The molecule has 0 amide bonds. The molecule has 4 fully saturated rings. The number of fused-ring (bicyclic) bond motifs is 7. The molecule has 174 valence electrons. The zero-order valence-electron chi connectivity index (χ0n) is 20.4. The molecule has 0 aromatic heterocycles. The molecule has 1 saturated heterocycles. The number of aliphatic hydroxyl groups is 1. The van der Waals surface area contributed by atoms with E-state index in [0.29, 0.717) is 23.9 Å². The molecular weight excluding hydrogens is 388 g/mol. The van der Waals surface area contributed by atoms with E-state index in [-0.39, 0.29) is 34.2 Å². The summed E-state index contributed by atoms with van der Waals surface area (Å²) in [5.41, 5.74) is 1.77. The number of hydrogen-bond acceptors (Lipinski definition) is 4. The number of rotatable bonds is 1. The summed E-state index contributed by atoms with van der Waals surface area (Å²) in [5, 5.41) is 10.9. The zero-order valence-corrected chi connectivity index (χ0v) is 20.4. The molecule has 4 nitrogen and oxygen atoms in total. The van der Waals surface area contributed by atoms with E-state index < -0.39 is 6.29 Å². The quantitative estimate of drug-likeness (QED) is 0.442. The van der Waals surface area contributed by atoms with E-state index in [1.807, 2.05) is 0 Å². The van der Waals surface area contributed by atoms with Crippen LogP contribution in [0.15, 0.2) is 11.6 Å². The smallest absolute Gasteiger partial charge is 0.302 e. The van der Waals surface area contributed by atoms with Crippen molar-refractivity contribution in [1.29, 1.82) is 0 Å². The summed E-state index contributed by atoms with van der Waals surface area (Å²) >= 11 is 0. The van der Waals surface area contributed by atoms with Gasteiger partial charge in [0.15, 0.2) is 6.29 Å². The molecule has 0 radical (unpaired) electrons. The van der Waals surface area contributed by atoms with E-state index in [0.717, 1.165) is 18.8 Å². The number of aliphatic hydroxyl groups excluding tert-OH is 1. The number of carbonyl (C=O) groups excluding carboxylic acids is 1. The molecule has 5 aliphatic rings. The SMILES string of the molecule is CC(=O)O[C@@H]1C[C@@H]2[C@@]3(C)CCCC(C)(C)[C@@H]3CC[C@@]2(C)[C@@H]2CC=C3CO[C@@H](O)C3[C@@]12C. The van der Waals surface area contributed by atoms with Crippen LogP contribution >= 0.6 is 0 Å². The van der Waals surface area contributed by atoms with Gasteiger partial charge in [0.05, 0.1) is 6.61 Å². The Kier molecular flexibility index (Phi) is 4.83. The van der Waals surface area contributed by atoms with Crippen LogP contribution in [-0.2, 0) is 14.3 Å². The van der Waals surface area contributed by atoms with Gasteiger partial charge in [-0.05, 0) is 78.1 Å². The molecule has 4 aliphatic carbocycles. The monoisotopic (exact) mass is 430 g/mol. The minimum absolute atomic E-state index is 0.0679. The second-order valence-corrected chi connectivity index (χ2v) is 12.9. The molecule has 0 aromatic carbocycles. The van der Waals surface area contributed by atoms with Crippen molar-refractivity contribution < 1.29 is 19.4 Å². The summed E-state index contributed by atoms with van der Waals surface area (Å²) in [6.07, 6.45) is 9.75. The van der Waals surface area contributed by atoms with Crippen LogP contribution in [-0.4, -0.2) is 30.1 Å². The highest BCUT2D eigenvalue weighted by Gasteiger charge is 2.70. The van der Waals surface area contributed by atoms with Crippen LogP contribution < -0.4 is 0 Å². The van der Waals surface area contributed by atoms with Crippen molar-refractivity contribution in [3.8, 4) is 0 Å². The third-order valence-electron chi connectivity index (χ3n) is 11.2. The topological polar surface area (TPSA) is 55.8 Å². The second kappa shape index (κ2) is 6.82. The molecule has 1 unspecified atom stereocenters. The van der Waals surface area contributed by atoms with Gasteiger partial charge in [-0.2, -0.15) is 0 Å². The van der Waals surface area contributed by atoms with Gasteiger partial charge in [0.1, 0.15) is 6.10 Å². The Bertz CT molecular complexity index is 801. The second-order valence-electron chi connectivity index (χ2n) is 12.9. The largest absolute Gasteiger partial charge is 0.462 e. The third-order valence-corrected chi connectivity index (χ3v) is 11.2. The highest BCUT2D eigenvalue weighted by atomic mass is 16.6. The molecule has 4 heteroatoms. The van der Waals surface area contributed by atoms with E-state index in [1.54, 1.807) is 6.92 Å². The van der Waals surface area contributed by atoms with E-state index in [4.69, 9.17) is 9.47 Å². The first-order valence-corrected chi connectivity index (χ1v) is 12.6. The van der Waals surface area contributed by atoms with Crippen LogP contribution in [0.3, 0.4) is 0 Å². The summed E-state index contributed by atoms with van der Waals surface area (Å²) in [5.74, 6) is 1.39. The normalized spacial score (nSPS) is 52.8. The molecule has 0 spiro atoms. The molecule has 0 aromatic rings. The summed E-state index contributed by atoms with van der Waals surface area (Å²) in [4.78, 5) is 12.3. The van der Waals surface area contributed by atoms with Crippen molar-refractivity contribution in [3.63, 3.8) is 0 Å². The van der Waals surface area contributed by atoms with E-state index >= 15 is 0 Å². The maximum absolute atomic E-state index is 12.3. The lowest BCUT2D eigenvalue weighted by atomic mass is 9.34. The minimum Gasteiger partial charge on any atom is -0.462 e. The van der Waals surface area contributed by atoms with E-state index in [9.17, 15) is 9.90 Å². The number of hydrogen-bond donors (Lipinski definition) is 1. The van der Waals surface area contributed by atoms with Crippen LogP contribution in [0.25, 0.3) is 0 Å². The fourth-order valence-corrected chi connectivity index (χ4v) is 10.1. The lowest BCUT2D eigenvalue weighted by molar-refractivity contribution is -0.253.